The zero-order valence-electron chi connectivity index (χ0n) is 22.8. The molecular weight excluding hydrogens is 515 g/mol. The van der Waals surface area contributed by atoms with Gasteiger partial charge in [0.25, 0.3) is 5.56 Å². The highest BCUT2D eigenvalue weighted by Gasteiger charge is 2.58. The molecule has 11 heteroatoms. The first-order valence-electron chi connectivity index (χ1n) is 13.8. The third kappa shape index (κ3) is 3.72. The molecule has 0 spiro atoms. The van der Waals surface area contributed by atoms with Gasteiger partial charge in [0.15, 0.2) is 6.29 Å². The van der Waals surface area contributed by atoms with Gasteiger partial charge in [0.05, 0.1) is 36.6 Å². The van der Waals surface area contributed by atoms with E-state index in [2.05, 4.69) is 16.6 Å². The van der Waals surface area contributed by atoms with Gasteiger partial charge in [-0.2, -0.15) is 0 Å². The van der Waals surface area contributed by atoms with Gasteiger partial charge in [0.2, 0.25) is 0 Å². The Balaban J connectivity index is 1.40. The van der Waals surface area contributed by atoms with Gasteiger partial charge in [-0.1, -0.05) is 6.92 Å². The zero-order valence-corrected chi connectivity index (χ0v) is 22.8. The highest BCUT2D eigenvalue weighted by Crippen LogP contribution is 2.47. The van der Waals surface area contributed by atoms with Crippen molar-refractivity contribution in [2.75, 3.05) is 13.6 Å². The monoisotopic (exact) mass is 548 g/mol. The van der Waals surface area contributed by atoms with Gasteiger partial charge in [-0.25, -0.2) is 9.37 Å². The topological polar surface area (TPSA) is 121 Å². The van der Waals surface area contributed by atoms with Crippen molar-refractivity contribution in [3.05, 3.63) is 74.1 Å². The number of ether oxygens (including phenoxy) is 2. The average molecular weight is 549 g/mol. The van der Waals surface area contributed by atoms with Crippen molar-refractivity contribution in [2.24, 2.45) is 5.73 Å². The first-order chi connectivity index (χ1) is 19.2. The number of nitrogens with two attached hydrogens (primary N) is 1. The van der Waals surface area contributed by atoms with Crippen LogP contribution in [0.1, 0.15) is 54.0 Å². The lowest BCUT2D eigenvalue weighted by Gasteiger charge is -2.27. The van der Waals surface area contributed by atoms with E-state index >= 15 is 0 Å². The van der Waals surface area contributed by atoms with Crippen LogP contribution in [0.3, 0.4) is 0 Å². The molecule has 6 heterocycles. The number of benzene rings is 1. The molecule has 0 saturated carbocycles. The smallest absolute Gasteiger partial charge is 0.257 e. The summed E-state index contributed by atoms with van der Waals surface area (Å²) in [5.74, 6) is -0.332. The number of nitrogens with one attached hydrogen (secondary N) is 1. The molecule has 2 unspecified atom stereocenters. The number of hydrogen-bond donors (Lipinski definition) is 3. The average Bonchev–Trinajstić information content (AvgIpc) is 3.54. The summed E-state index contributed by atoms with van der Waals surface area (Å²) in [5, 5.41) is 16.5. The van der Waals surface area contributed by atoms with Crippen LogP contribution >= 0.6 is 0 Å². The van der Waals surface area contributed by atoms with Crippen molar-refractivity contribution >= 4 is 10.9 Å². The summed E-state index contributed by atoms with van der Waals surface area (Å²) in [5.41, 5.74) is 13.7. The molecule has 0 radical (unpaired) electrons. The Kier molecular flexibility index (Phi) is 5.81. The normalized spacial score (nSPS) is 24.8. The van der Waals surface area contributed by atoms with Crippen LogP contribution in [0.5, 0.6) is 0 Å². The predicted octanol–water partition coefficient (Wildman–Crippen LogP) is 2.47. The van der Waals surface area contributed by atoms with Crippen molar-refractivity contribution in [3.8, 4) is 11.4 Å². The van der Waals surface area contributed by atoms with E-state index in [1.165, 1.54) is 6.07 Å². The van der Waals surface area contributed by atoms with E-state index in [-0.39, 0.29) is 18.0 Å². The van der Waals surface area contributed by atoms with Gasteiger partial charge in [0.1, 0.15) is 17.5 Å². The molecule has 4 aliphatic rings. The first kappa shape index (κ1) is 25.6. The number of aromatic nitrogens is 2. The van der Waals surface area contributed by atoms with E-state index in [1.807, 2.05) is 31.2 Å². The van der Waals surface area contributed by atoms with Crippen LogP contribution < -0.4 is 16.7 Å². The fraction of sp³-hybridized carbons (Fsp3) is 0.448. The standard InChI is InChI=1S/C29H33FN6O4/c1-4-29(38)21-9-24-25-19(13-36(24)27(37)20(21)14-39-28-26(29)40-28)18(17-8-15(2)22(30)10-23(17)32-25)12-35-11-16(6-5-7-31)33-34(35)3/h8-11,26,28,33,38H,4-7,12-14,31H2,1-3H3/t26?,28?,29-/m0/s1. The Hall–Kier alpha value is -3.35. The van der Waals surface area contributed by atoms with E-state index in [0.29, 0.717) is 59.7 Å². The predicted molar refractivity (Wildman–Crippen MR) is 146 cm³/mol. The number of allylic oxidation sites excluding steroid dienone is 1. The van der Waals surface area contributed by atoms with Gasteiger partial charge in [-0.05, 0) is 61.6 Å². The maximum Gasteiger partial charge on any atom is 0.257 e. The Morgan fingerprint density at radius 2 is 2.12 bits per heavy atom. The van der Waals surface area contributed by atoms with Crippen LogP contribution in [-0.2, 0) is 34.8 Å². The molecule has 7 rings (SSSR count). The second-order valence-electron chi connectivity index (χ2n) is 11.1. The number of nitrogens with zero attached hydrogens (tertiary/aromatic N) is 4. The maximum atomic E-state index is 14.8. The Morgan fingerprint density at radius 3 is 2.90 bits per heavy atom. The van der Waals surface area contributed by atoms with Gasteiger partial charge in [0, 0.05) is 41.5 Å². The number of fused-ring (bicyclic) bond motifs is 6. The number of hydrazine groups is 2. The molecule has 0 aliphatic carbocycles. The highest BCUT2D eigenvalue weighted by molar-refractivity contribution is 5.88. The minimum Gasteiger partial charge on any atom is -0.382 e. The number of pyridine rings is 2. The lowest BCUT2D eigenvalue weighted by molar-refractivity contribution is 0.00170. The molecule has 3 atom stereocenters. The van der Waals surface area contributed by atoms with E-state index < -0.39 is 18.0 Å². The summed E-state index contributed by atoms with van der Waals surface area (Å²) in [6.45, 7) is 5.12. The molecule has 40 heavy (non-hydrogen) atoms. The van der Waals surface area contributed by atoms with E-state index in [9.17, 15) is 14.3 Å². The van der Waals surface area contributed by atoms with E-state index in [1.54, 1.807) is 11.5 Å². The molecule has 210 valence electrons. The lowest BCUT2D eigenvalue weighted by Crippen LogP contribution is -2.38. The Morgan fingerprint density at radius 1 is 1.30 bits per heavy atom. The third-order valence-electron chi connectivity index (χ3n) is 8.73. The number of halogens is 1. The second-order valence-corrected chi connectivity index (χ2v) is 11.1. The summed E-state index contributed by atoms with van der Waals surface area (Å²) in [6, 6.07) is 5.16. The van der Waals surface area contributed by atoms with Crippen LogP contribution in [0.4, 0.5) is 4.39 Å². The van der Waals surface area contributed by atoms with Crippen LogP contribution in [0.15, 0.2) is 34.9 Å². The van der Waals surface area contributed by atoms with Crippen LogP contribution in [0.2, 0.25) is 0 Å². The molecule has 3 aromatic rings. The molecule has 10 nitrogen and oxygen atoms in total. The minimum absolute atomic E-state index is 0.0710. The third-order valence-corrected chi connectivity index (χ3v) is 8.73. The molecule has 4 N–H and O–H groups in total. The summed E-state index contributed by atoms with van der Waals surface area (Å²) < 4.78 is 27.9. The number of aryl methyl sites for hydroxylation is 1. The summed E-state index contributed by atoms with van der Waals surface area (Å²) >= 11 is 0. The fourth-order valence-corrected chi connectivity index (χ4v) is 6.36. The van der Waals surface area contributed by atoms with Crippen molar-refractivity contribution in [1.82, 2.24) is 25.1 Å². The molecule has 1 fully saturated rings. The molecule has 4 aliphatic heterocycles. The van der Waals surface area contributed by atoms with Crippen molar-refractivity contribution in [3.63, 3.8) is 0 Å². The molecule has 1 aromatic carbocycles. The van der Waals surface area contributed by atoms with E-state index in [0.717, 1.165) is 35.1 Å². The minimum atomic E-state index is -1.34. The fourth-order valence-electron chi connectivity index (χ4n) is 6.36. The number of aliphatic hydroxyl groups is 1. The summed E-state index contributed by atoms with van der Waals surface area (Å²) in [6.07, 6.45) is 3.10. The van der Waals surface area contributed by atoms with Gasteiger partial charge < -0.3 is 30.3 Å². The van der Waals surface area contributed by atoms with Crippen LogP contribution in [0, 0.1) is 12.7 Å². The van der Waals surface area contributed by atoms with E-state index in [4.69, 9.17) is 20.2 Å². The van der Waals surface area contributed by atoms with Gasteiger partial charge in [-0.15, -0.1) is 5.12 Å². The second kappa shape index (κ2) is 9.08. The van der Waals surface area contributed by atoms with Gasteiger partial charge in [-0.3, -0.25) is 9.80 Å². The maximum absolute atomic E-state index is 14.8. The largest absolute Gasteiger partial charge is 0.382 e. The Bertz CT molecular complexity index is 1650. The molecular formula is C29H33FN6O4. The summed E-state index contributed by atoms with van der Waals surface area (Å²) in [4.78, 5) is 18.8. The molecule has 0 amide bonds. The molecule has 2 aromatic heterocycles. The van der Waals surface area contributed by atoms with Crippen molar-refractivity contribution in [1.29, 1.82) is 0 Å². The number of rotatable bonds is 6. The molecule has 0 bridgehead atoms. The number of hydrogen-bond acceptors (Lipinski definition) is 9. The van der Waals surface area contributed by atoms with Crippen molar-refractivity contribution < 1.29 is 19.0 Å². The lowest BCUT2D eigenvalue weighted by atomic mass is 9.85. The quantitative estimate of drug-likeness (QED) is 0.312. The SMILES string of the molecule is CC[C@]1(O)c2cc3n(c(=O)c2COC2OC21)Cc1c-3nc2cc(F)c(C)cc2c1CN1C=C(CCCN)NN1C. The number of epoxide rings is 1. The molecule has 1 saturated heterocycles. The first-order valence-corrected chi connectivity index (χ1v) is 13.8. The summed E-state index contributed by atoms with van der Waals surface area (Å²) in [7, 11) is 1.94. The van der Waals surface area contributed by atoms with Crippen molar-refractivity contribution in [2.45, 2.75) is 70.8 Å². The zero-order chi connectivity index (χ0) is 27.9. The van der Waals surface area contributed by atoms with Gasteiger partial charge >= 0.3 is 0 Å². The highest BCUT2D eigenvalue weighted by atomic mass is 19.1. The Labute approximate surface area is 230 Å². The van der Waals surface area contributed by atoms with Crippen LogP contribution in [-0.4, -0.2) is 50.8 Å². The van der Waals surface area contributed by atoms with Crippen LogP contribution in [0.25, 0.3) is 22.3 Å².